The highest BCUT2D eigenvalue weighted by atomic mass is 32.1. The lowest BCUT2D eigenvalue weighted by Crippen LogP contribution is -2.14. The second kappa shape index (κ2) is 5.02. The fourth-order valence-electron chi connectivity index (χ4n) is 2.38. The number of ether oxygens (including phenoxy) is 1. The smallest absolute Gasteiger partial charge is 0.189 e. The van der Waals surface area contributed by atoms with Gasteiger partial charge < -0.3 is 4.74 Å². The molecular weight excluding hydrogens is 256 g/mol. The molecule has 0 saturated carbocycles. The van der Waals surface area contributed by atoms with Crippen molar-refractivity contribution in [2.75, 3.05) is 7.11 Å². The monoisotopic (exact) mass is 270 g/mol. The summed E-state index contributed by atoms with van der Waals surface area (Å²) in [6, 6.07) is 7.73. The fraction of sp³-hybridized carbons (Fsp3) is 0.188. The number of allylic oxidation sites excluding steroid dienone is 1. The Labute approximate surface area is 116 Å². The molecule has 0 aliphatic heterocycles. The van der Waals surface area contributed by atoms with E-state index in [1.54, 1.807) is 18.4 Å². The van der Waals surface area contributed by atoms with Gasteiger partial charge in [-0.05, 0) is 65.1 Å². The lowest BCUT2D eigenvalue weighted by molar-refractivity contribution is 0.102. The molecule has 1 heterocycles. The average molecular weight is 270 g/mol. The lowest BCUT2D eigenvalue weighted by atomic mass is 9.86. The fourth-order valence-corrected chi connectivity index (χ4v) is 3.00. The number of methoxy groups -OCH3 is 1. The lowest BCUT2D eigenvalue weighted by Gasteiger charge is -2.18. The Morgan fingerprint density at radius 1 is 1.26 bits per heavy atom. The normalized spacial score (nSPS) is 16.5. The number of Topliss-reactive ketones (excluding diaryl/α,β-unsaturated/α-hetero) is 1. The van der Waals surface area contributed by atoms with E-state index in [1.165, 1.54) is 0 Å². The van der Waals surface area contributed by atoms with Crippen LogP contribution in [0.2, 0.25) is 0 Å². The van der Waals surface area contributed by atoms with E-state index in [4.69, 9.17) is 4.74 Å². The van der Waals surface area contributed by atoms with E-state index in [0.717, 1.165) is 40.9 Å². The number of benzene rings is 1. The van der Waals surface area contributed by atoms with Crippen molar-refractivity contribution in [3.05, 3.63) is 57.3 Å². The molecule has 0 saturated heterocycles. The zero-order valence-corrected chi connectivity index (χ0v) is 11.5. The maximum absolute atomic E-state index is 12.4. The summed E-state index contributed by atoms with van der Waals surface area (Å²) < 4.78 is 5.20. The third-order valence-electron chi connectivity index (χ3n) is 3.40. The van der Waals surface area contributed by atoms with E-state index in [1.807, 2.05) is 35.7 Å². The summed E-state index contributed by atoms with van der Waals surface area (Å²) in [6.45, 7) is 0. The van der Waals surface area contributed by atoms with E-state index in [0.29, 0.717) is 0 Å². The second-order valence-corrected chi connectivity index (χ2v) is 5.36. The molecule has 2 nitrogen and oxygen atoms in total. The molecule has 0 radical (unpaired) electrons. The molecule has 0 amide bonds. The standard InChI is InChI=1S/C16H14O2S/c1-18-14-4-5-15-12(9-14)2-3-13(16(15)17)8-11-6-7-19-10-11/h4-10H,2-3H2,1H3. The Morgan fingerprint density at radius 3 is 2.89 bits per heavy atom. The predicted molar refractivity (Wildman–Crippen MR) is 77.9 cm³/mol. The summed E-state index contributed by atoms with van der Waals surface area (Å²) in [6.07, 6.45) is 3.70. The molecule has 96 valence electrons. The first-order valence-corrected chi connectivity index (χ1v) is 7.16. The molecule has 1 aliphatic rings. The first kappa shape index (κ1) is 12.2. The summed E-state index contributed by atoms with van der Waals surface area (Å²) in [7, 11) is 1.65. The number of thiophene rings is 1. The molecule has 0 N–H and O–H groups in total. The van der Waals surface area contributed by atoms with E-state index in [-0.39, 0.29) is 5.78 Å². The highest BCUT2D eigenvalue weighted by Crippen LogP contribution is 2.29. The first-order valence-electron chi connectivity index (χ1n) is 6.22. The molecule has 0 atom stereocenters. The third kappa shape index (κ3) is 2.34. The van der Waals surface area contributed by atoms with Crippen LogP contribution in [0.5, 0.6) is 5.75 Å². The Bertz CT molecular complexity index is 639. The Morgan fingerprint density at radius 2 is 2.16 bits per heavy atom. The van der Waals surface area contributed by atoms with Crippen molar-refractivity contribution in [1.29, 1.82) is 0 Å². The maximum Gasteiger partial charge on any atom is 0.189 e. The number of fused-ring (bicyclic) bond motifs is 1. The molecule has 0 unspecified atom stereocenters. The molecule has 3 heteroatoms. The van der Waals surface area contributed by atoms with Gasteiger partial charge in [-0.3, -0.25) is 4.79 Å². The van der Waals surface area contributed by atoms with Gasteiger partial charge in [0.1, 0.15) is 5.75 Å². The number of carbonyl (C=O) groups is 1. The van der Waals surface area contributed by atoms with Crippen molar-refractivity contribution in [1.82, 2.24) is 0 Å². The van der Waals surface area contributed by atoms with Crippen LogP contribution in [0.1, 0.15) is 27.9 Å². The summed E-state index contributed by atoms with van der Waals surface area (Å²) in [5.74, 6) is 0.965. The van der Waals surface area contributed by atoms with Crippen LogP contribution in [0.4, 0.5) is 0 Å². The zero-order chi connectivity index (χ0) is 13.2. The van der Waals surface area contributed by atoms with E-state index >= 15 is 0 Å². The number of hydrogen-bond acceptors (Lipinski definition) is 3. The molecule has 1 aromatic carbocycles. The molecule has 1 aromatic heterocycles. The molecule has 0 fully saturated rings. The predicted octanol–water partition coefficient (Wildman–Crippen LogP) is 3.97. The van der Waals surface area contributed by atoms with Crippen LogP contribution in [0.25, 0.3) is 6.08 Å². The van der Waals surface area contributed by atoms with Gasteiger partial charge in [-0.25, -0.2) is 0 Å². The van der Waals surface area contributed by atoms with Crippen molar-refractivity contribution < 1.29 is 9.53 Å². The van der Waals surface area contributed by atoms with Crippen molar-refractivity contribution >= 4 is 23.2 Å². The van der Waals surface area contributed by atoms with Crippen molar-refractivity contribution in [2.24, 2.45) is 0 Å². The number of hydrogen-bond donors (Lipinski definition) is 0. The average Bonchev–Trinajstić information content (AvgIpc) is 2.94. The molecule has 0 spiro atoms. The third-order valence-corrected chi connectivity index (χ3v) is 4.10. The summed E-state index contributed by atoms with van der Waals surface area (Å²) in [4.78, 5) is 12.4. The molecule has 19 heavy (non-hydrogen) atoms. The van der Waals surface area contributed by atoms with Gasteiger partial charge in [0.2, 0.25) is 0 Å². The van der Waals surface area contributed by atoms with Crippen molar-refractivity contribution in [3.63, 3.8) is 0 Å². The number of carbonyl (C=O) groups excluding carboxylic acids is 1. The first-order chi connectivity index (χ1) is 9.28. The van der Waals surface area contributed by atoms with E-state index in [2.05, 4.69) is 5.38 Å². The molecule has 3 rings (SSSR count). The van der Waals surface area contributed by atoms with Gasteiger partial charge in [-0.1, -0.05) is 0 Å². The Kier molecular flexibility index (Phi) is 3.22. The second-order valence-electron chi connectivity index (χ2n) is 4.58. The minimum atomic E-state index is 0.148. The SMILES string of the molecule is COc1ccc2c(c1)CCC(=Cc1ccsc1)C2=O. The van der Waals surface area contributed by atoms with E-state index < -0.39 is 0 Å². The van der Waals surface area contributed by atoms with Gasteiger partial charge in [0.05, 0.1) is 7.11 Å². The van der Waals surface area contributed by atoms with Gasteiger partial charge in [-0.15, -0.1) is 0 Å². The van der Waals surface area contributed by atoms with E-state index in [9.17, 15) is 4.79 Å². The maximum atomic E-state index is 12.4. The molecule has 0 bridgehead atoms. The molecule has 2 aromatic rings. The van der Waals surface area contributed by atoms with Crippen LogP contribution in [-0.2, 0) is 6.42 Å². The van der Waals surface area contributed by atoms with Gasteiger partial charge in [0.25, 0.3) is 0 Å². The Balaban J connectivity index is 1.96. The summed E-state index contributed by atoms with van der Waals surface area (Å²) >= 11 is 1.65. The zero-order valence-electron chi connectivity index (χ0n) is 10.7. The minimum absolute atomic E-state index is 0.148. The quantitative estimate of drug-likeness (QED) is 0.772. The number of aryl methyl sites for hydroxylation is 1. The van der Waals surface area contributed by atoms with Crippen LogP contribution in [0, 0.1) is 0 Å². The number of rotatable bonds is 2. The number of ketones is 1. The van der Waals surface area contributed by atoms with Crippen molar-refractivity contribution in [3.8, 4) is 5.75 Å². The van der Waals surface area contributed by atoms with Gasteiger partial charge in [0.15, 0.2) is 5.78 Å². The highest BCUT2D eigenvalue weighted by molar-refractivity contribution is 7.08. The van der Waals surface area contributed by atoms with Crippen LogP contribution < -0.4 is 4.74 Å². The van der Waals surface area contributed by atoms with Gasteiger partial charge >= 0.3 is 0 Å². The minimum Gasteiger partial charge on any atom is -0.497 e. The van der Waals surface area contributed by atoms with Gasteiger partial charge in [0, 0.05) is 11.1 Å². The topological polar surface area (TPSA) is 26.3 Å². The van der Waals surface area contributed by atoms with Crippen LogP contribution in [0.15, 0.2) is 40.6 Å². The molecule has 1 aliphatic carbocycles. The largest absolute Gasteiger partial charge is 0.497 e. The van der Waals surface area contributed by atoms with Crippen LogP contribution in [0.3, 0.4) is 0 Å². The molecular formula is C16H14O2S. The summed E-state index contributed by atoms with van der Waals surface area (Å²) in [5.41, 5.74) is 3.92. The van der Waals surface area contributed by atoms with Crippen LogP contribution >= 0.6 is 11.3 Å². The Hall–Kier alpha value is -1.87. The van der Waals surface area contributed by atoms with Gasteiger partial charge in [-0.2, -0.15) is 11.3 Å². The highest BCUT2D eigenvalue weighted by Gasteiger charge is 2.22. The summed E-state index contributed by atoms with van der Waals surface area (Å²) in [5, 5.41) is 4.09. The van der Waals surface area contributed by atoms with Crippen molar-refractivity contribution in [2.45, 2.75) is 12.8 Å². The van der Waals surface area contributed by atoms with Crippen LogP contribution in [-0.4, -0.2) is 12.9 Å².